The molecule has 4 atom stereocenters. The van der Waals surface area contributed by atoms with Crippen LogP contribution in [-0.4, -0.2) is 114 Å². The van der Waals surface area contributed by atoms with E-state index < -0.39 is 53.7 Å². The van der Waals surface area contributed by atoms with Crippen LogP contribution in [0.15, 0.2) is 54.6 Å². The standard InChI is InChI=1S/C48H61N11O8/c1-26-39(27(2)55-42(54-26)30-8-11-32(12-9-30)48(4,5)6)45(63)57-35(14-15-49)47(65)59(7)40-31-10-13-37(66-20-17-51)33(25-31)34-22-29(24-38(41(34)60)67-21-18-52)23-36(44(62)53-19-16-50)58-43(61)28(3)56-46(40)64/h8-13,22,24-25,28,35-36,40,60H,14-15,17-21,23,49,51-52H2,1-7H3,(H,53,62)(H,56,64)(H,57,63)(H,58,61)/t28-,35-,36+,40+/m1/s1. The molecule has 19 nitrogen and oxygen atoms in total. The van der Waals surface area contributed by atoms with Crippen molar-refractivity contribution in [2.45, 2.75) is 84.0 Å². The summed E-state index contributed by atoms with van der Waals surface area (Å²) >= 11 is 0. The van der Waals surface area contributed by atoms with Crippen LogP contribution in [-0.2, 0) is 31.0 Å². The third-order valence-electron chi connectivity index (χ3n) is 11.2. The van der Waals surface area contributed by atoms with Crippen molar-refractivity contribution in [1.82, 2.24) is 36.1 Å². The van der Waals surface area contributed by atoms with Crippen molar-refractivity contribution >= 4 is 29.5 Å². The first-order chi connectivity index (χ1) is 31.8. The molecule has 67 heavy (non-hydrogen) atoms. The van der Waals surface area contributed by atoms with E-state index in [0.29, 0.717) is 22.8 Å². The fourth-order valence-electron chi connectivity index (χ4n) is 7.71. The molecule has 5 amide bonds. The quantitative estimate of drug-likeness (QED) is 0.0791. The van der Waals surface area contributed by atoms with Gasteiger partial charge in [-0.25, -0.2) is 9.97 Å². The maximum atomic E-state index is 14.7. The lowest BCUT2D eigenvalue weighted by Gasteiger charge is -2.32. The Morgan fingerprint density at radius 3 is 2.15 bits per heavy atom. The van der Waals surface area contributed by atoms with Gasteiger partial charge in [-0.05, 0) is 80.1 Å². The Labute approximate surface area is 390 Å². The van der Waals surface area contributed by atoms with Gasteiger partial charge in [0, 0.05) is 43.2 Å². The van der Waals surface area contributed by atoms with Gasteiger partial charge in [-0.2, -0.15) is 5.26 Å². The summed E-state index contributed by atoms with van der Waals surface area (Å²) < 4.78 is 11.9. The number of phenolic OH excluding ortho intramolecular Hbond substituents is 1. The number of nitrogens with zero attached hydrogens (tertiary/aromatic N) is 4. The van der Waals surface area contributed by atoms with E-state index in [9.17, 15) is 34.3 Å². The van der Waals surface area contributed by atoms with Crippen molar-refractivity contribution in [3.05, 3.63) is 88.2 Å². The fraction of sp³-hybridized carbons (Fsp3) is 0.417. The molecule has 19 heteroatoms. The minimum absolute atomic E-state index is 0.00155. The number of nitrogens with one attached hydrogen (secondary N) is 4. The van der Waals surface area contributed by atoms with E-state index in [1.54, 1.807) is 38.1 Å². The lowest BCUT2D eigenvalue weighted by Crippen LogP contribution is -2.56. The van der Waals surface area contributed by atoms with Crippen LogP contribution in [0.3, 0.4) is 0 Å². The first-order valence-corrected chi connectivity index (χ1v) is 22.0. The molecule has 4 aromatic rings. The lowest BCUT2D eigenvalue weighted by molar-refractivity contribution is -0.141. The predicted octanol–water partition coefficient (Wildman–Crippen LogP) is 1.94. The van der Waals surface area contributed by atoms with E-state index in [2.05, 4.69) is 52.0 Å². The number of nitrogens with two attached hydrogens (primary N) is 3. The Morgan fingerprint density at radius 1 is 0.910 bits per heavy atom. The highest BCUT2D eigenvalue weighted by molar-refractivity contribution is 6.00. The van der Waals surface area contributed by atoms with E-state index in [-0.39, 0.29) is 97.2 Å². The third-order valence-corrected chi connectivity index (χ3v) is 11.2. The second-order valence-electron chi connectivity index (χ2n) is 17.3. The van der Waals surface area contributed by atoms with Gasteiger partial charge in [-0.1, -0.05) is 51.1 Å². The third kappa shape index (κ3) is 12.2. The van der Waals surface area contributed by atoms with Crippen molar-refractivity contribution in [3.63, 3.8) is 0 Å². The number of aryl methyl sites for hydroxylation is 2. The number of carbonyl (C=O) groups is 5. The molecule has 2 heterocycles. The van der Waals surface area contributed by atoms with Crippen molar-refractivity contribution in [2.24, 2.45) is 17.2 Å². The van der Waals surface area contributed by atoms with Crippen LogP contribution < -0.4 is 47.9 Å². The van der Waals surface area contributed by atoms with E-state index in [1.165, 1.54) is 20.0 Å². The monoisotopic (exact) mass is 919 g/mol. The molecule has 1 aromatic heterocycles. The number of amides is 5. The maximum absolute atomic E-state index is 14.7. The van der Waals surface area contributed by atoms with Gasteiger partial charge in [0.05, 0.1) is 23.0 Å². The molecule has 4 bridgehead atoms. The zero-order valence-corrected chi connectivity index (χ0v) is 39.0. The number of hydrogen-bond donors (Lipinski definition) is 8. The van der Waals surface area contributed by atoms with Crippen LogP contribution in [0.25, 0.3) is 22.5 Å². The predicted molar refractivity (Wildman–Crippen MR) is 251 cm³/mol. The Hall–Kier alpha value is -7.14. The largest absolute Gasteiger partial charge is 0.504 e. The molecular formula is C48H61N11O8. The smallest absolute Gasteiger partial charge is 0.255 e. The molecule has 0 fully saturated rings. The summed E-state index contributed by atoms with van der Waals surface area (Å²) in [5.74, 6) is -3.26. The van der Waals surface area contributed by atoms with Crippen molar-refractivity contribution in [1.29, 1.82) is 5.26 Å². The van der Waals surface area contributed by atoms with E-state index in [4.69, 9.17) is 26.7 Å². The highest BCUT2D eigenvalue weighted by Crippen LogP contribution is 2.44. The van der Waals surface area contributed by atoms with Crippen LogP contribution in [0.4, 0.5) is 0 Å². The summed E-state index contributed by atoms with van der Waals surface area (Å²) in [4.78, 5) is 81.0. The van der Waals surface area contributed by atoms with Gasteiger partial charge in [-0.3, -0.25) is 24.0 Å². The first kappa shape index (κ1) is 50.9. The minimum atomic E-state index is -1.48. The molecule has 0 spiro atoms. The summed E-state index contributed by atoms with van der Waals surface area (Å²) in [6, 6.07) is 12.2. The fourth-order valence-corrected chi connectivity index (χ4v) is 7.71. The normalized spacial score (nSPS) is 16.6. The zero-order valence-electron chi connectivity index (χ0n) is 39.0. The highest BCUT2D eigenvalue weighted by atomic mass is 16.5. The number of carbonyl (C=O) groups excluding carboxylic acids is 5. The molecule has 0 unspecified atom stereocenters. The Kier molecular flexibility index (Phi) is 17.0. The summed E-state index contributed by atoms with van der Waals surface area (Å²) in [7, 11) is 1.38. The minimum Gasteiger partial charge on any atom is -0.504 e. The van der Waals surface area contributed by atoms with E-state index in [0.717, 1.165) is 16.0 Å². The Bertz CT molecular complexity index is 2500. The van der Waals surface area contributed by atoms with Crippen LogP contribution in [0.2, 0.25) is 0 Å². The zero-order chi connectivity index (χ0) is 49.2. The number of fused-ring (bicyclic) bond motifs is 5. The number of benzene rings is 3. The topological polar surface area (TPSA) is 303 Å². The highest BCUT2D eigenvalue weighted by Gasteiger charge is 2.37. The van der Waals surface area contributed by atoms with E-state index >= 15 is 0 Å². The molecule has 5 rings (SSSR count). The summed E-state index contributed by atoms with van der Waals surface area (Å²) in [6.07, 6.45) is -0.165. The van der Waals surface area contributed by atoms with Gasteiger partial charge < -0.3 is 57.9 Å². The Balaban J connectivity index is 1.59. The van der Waals surface area contributed by atoms with Gasteiger partial charge in [0.25, 0.3) is 5.91 Å². The molecule has 0 radical (unpaired) electrons. The number of likely N-dealkylation sites (N-methyl/N-ethyl adjacent to an activating group) is 1. The molecule has 1 aliphatic heterocycles. The molecule has 0 saturated carbocycles. The number of aromatic hydroxyl groups is 1. The number of nitriles is 1. The molecular weight excluding hydrogens is 859 g/mol. The van der Waals surface area contributed by atoms with Gasteiger partial charge in [0.15, 0.2) is 17.3 Å². The molecule has 11 N–H and O–H groups in total. The van der Waals surface area contributed by atoms with Crippen molar-refractivity contribution in [2.75, 3.05) is 46.4 Å². The van der Waals surface area contributed by atoms with E-state index in [1.807, 2.05) is 30.3 Å². The van der Waals surface area contributed by atoms with Crippen LogP contribution >= 0.6 is 0 Å². The van der Waals surface area contributed by atoms with Gasteiger partial charge in [0.2, 0.25) is 23.6 Å². The van der Waals surface area contributed by atoms with Crippen molar-refractivity contribution in [3.8, 4) is 45.8 Å². The molecule has 1 aliphatic rings. The summed E-state index contributed by atoms with van der Waals surface area (Å²) in [5.41, 5.74) is 21.4. The number of aromatic nitrogens is 2. The summed E-state index contributed by atoms with van der Waals surface area (Å²) in [6.45, 7) is 11.1. The second kappa shape index (κ2) is 22.4. The maximum Gasteiger partial charge on any atom is 0.255 e. The molecule has 0 aliphatic carbocycles. The summed E-state index contributed by atoms with van der Waals surface area (Å²) in [5, 5.41) is 31.5. The number of hydrogen-bond acceptors (Lipinski definition) is 14. The Morgan fingerprint density at radius 2 is 1.55 bits per heavy atom. The molecule has 3 aromatic carbocycles. The van der Waals surface area contributed by atoms with Crippen LogP contribution in [0.5, 0.6) is 17.2 Å². The van der Waals surface area contributed by atoms with Crippen LogP contribution in [0, 0.1) is 25.2 Å². The van der Waals surface area contributed by atoms with Gasteiger partial charge in [0.1, 0.15) is 49.7 Å². The first-order valence-electron chi connectivity index (χ1n) is 22.0. The van der Waals surface area contributed by atoms with Crippen molar-refractivity contribution < 1.29 is 38.6 Å². The molecule has 356 valence electrons. The van der Waals surface area contributed by atoms with Gasteiger partial charge >= 0.3 is 0 Å². The number of rotatable bonds is 15. The SMILES string of the molecule is Cc1nc(-c2ccc(C(C)(C)C)cc2)nc(C)c1C(=O)N[C@H](CCN)C(=O)N(C)[C@@H]1C(=O)N[C@H](C)C(=O)N[C@H](C(=O)NCC#N)Cc2cc(OCCN)c(O)c(c2)-c2cc1ccc2OCCN. The molecule has 0 saturated heterocycles. The van der Waals surface area contributed by atoms with Crippen LogP contribution in [0.1, 0.15) is 78.6 Å². The number of ether oxygens (including phenoxy) is 2. The average molecular weight is 920 g/mol. The second-order valence-corrected chi connectivity index (χ2v) is 17.3. The number of phenols is 1. The lowest BCUT2D eigenvalue weighted by atomic mass is 9.86. The van der Waals surface area contributed by atoms with Gasteiger partial charge in [-0.15, -0.1) is 0 Å². The average Bonchev–Trinajstić information content (AvgIpc) is 3.28.